The maximum absolute atomic E-state index is 16.4. The van der Waals surface area contributed by atoms with Crippen LogP contribution in [0.2, 0.25) is 0 Å². The normalized spacial score (nSPS) is 20.6. The number of hydrogen-bond donors (Lipinski definition) is 3. The molecule has 2 aromatic heterocycles. The van der Waals surface area contributed by atoms with Gasteiger partial charge in [0.05, 0.1) is 37.3 Å². The summed E-state index contributed by atoms with van der Waals surface area (Å²) in [7, 11) is 3.05. The number of fused-ring (bicyclic) bond motifs is 1. The van der Waals surface area contributed by atoms with Gasteiger partial charge in [0.15, 0.2) is 0 Å². The summed E-state index contributed by atoms with van der Waals surface area (Å²) in [6, 6.07) is 11.7. The molecule has 51 heavy (non-hydrogen) atoms. The number of amides is 2. The minimum atomic E-state index is -0.633. The number of pyridine rings is 1. The Morgan fingerprint density at radius 1 is 0.882 bits per heavy atom. The SMILES string of the molecule is COc1nc(-c2cccc(-c3cccc(-c4cc5c(c(OC)n4)[C@@H](NC[C@@H]4CCC(=O)N4)CC5)c3F)c2F)cnc1CN1CC2(CCC(=O)N2)C1. The second kappa shape index (κ2) is 13.3. The molecule has 264 valence electrons. The van der Waals surface area contributed by atoms with E-state index in [2.05, 4.69) is 30.8 Å². The van der Waals surface area contributed by atoms with Gasteiger partial charge in [0.25, 0.3) is 0 Å². The Kier molecular flexibility index (Phi) is 8.63. The molecule has 2 aromatic carbocycles. The monoisotopic (exact) mass is 695 g/mol. The molecule has 0 bridgehead atoms. The Bertz CT molecular complexity index is 2040. The van der Waals surface area contributed by atoms with Gasteiger partial charge < -0.3 is 25.4 Å². The smallest absolute Gasteiger partial charge is 0.237 e. The fourth-order valence-corrected chi connectivity index (χ4v) is 8.04. The Morgan fingerprint density at radius 3 is 2.22 bits per heavy atom. The van der Waals surface area contributed by atoms with E-state index in [0.29, 0.717) is 43.2 Å². The molecule has 0 saturated carbocycles. The summed E-state index contributed by atoms with van der Waals surface area (Å²) in [6.07, 6.45) is 5.80. The summed E-state index contributed by atoms with van der Waals surface area (Å²) < 4.78 is 44.0. The first kappa shape index (κ1) is 33.2. The highest BCUT2D eigenvalue weighted by Gasteiger charge is 2.47. The molecular formula is C38H39F2N7O4. The largest absolute Gasteiger partial charge is 0.481 e. The molecule has 3 saturated heterocycles. The molecule has 11 nitrogen and oxygen atoms in total. The van der Waals surface area contributed by atoms with Crippen LogP contribution in [0.4, 0.5) is 8.78 Å². The van der Waals surface area contributed by atoms with E-state index in [9.17, 15) is 9.59 Å². The van der Waals surface area contributed by atoms with Crippen LogP contribution in [0.25, 0.3) is 33.6 Å². The van der Waals surface area contributed by atoms with E-state index in [-0.39, 0.29) is 63.3 Å². The zero-order chi connectivity index (χ0) is 35.3. The van der Waals surface area contributed by atoms with Crippen LogP contribution in [0, 0.1) is 11.6 Å². The third-order valence-corrected chi connectivity index (χ3v) is 10.6. The molecule has 3 fully saturated rings. The van der Waals surface area contributed by atoms with Crippen LogP contribution >= 0.6 is 0 Å². The van der Waals surface area contributed by atoms with E-state index >= 15 is 8.78 Å². The maximum Gasteiger partial charge on any atom is 0.237 e. The van der Waals surface area contributed by atoms with Gasteiger partial charge in [0.1, 0.15) is 17.3 Å². The Balaban J connectivity index is 1.04. The van der Waals surface area contributed by atoms with Crippen molar-refractivity contribution in [3.8, 4) is 45.4 Å². The van der Waals surface area contributed by atoms with Crippen molar-refractivity contribution in [2.75, 3.05) is 33.9 Å². The number of ether oxygens (including phenoxy) is 2. The third kappa shape index (κ3) is 6.18. The van der Waals surface area contributed by atoms with E-state index in [1.54, 1.807) is 43.5 Å². The molecule has 2 amide bonds. The van der Waals surface area contributed by atoms with Crippen molar-refractivity contribution in [1.29, 1.82) is 0 Å². The number of carbonyl (C=O) groups excluding carboxylic acids is 2. The molecule has 13 heteroatoms. The van der Waals surface area contributed by atoms with Gasteiger partial charge in [-0.15, -0.1) is 0 Å². The Labute approximate surface area is 294 Å². The first-order valence-electron chi connectivity index (χ1n) is 17.4. The predicted molar refractivity (Wildman–Crippen MR) is 185 cm³/mol. The minimum absolute atomic E-state index is 0.00167. The number of halogens is 2. The number of carbonyl (C=O) groups is 2. The van der Waals surface area contributed by atoms with Crippen molar-refractivity contribution in [3.05, 3.63) is 77.1 Å². The molecule has 2 atom stereocenters. The number of rotatable bonds is 10. The van der Waals surface area contributed by atoms with Gasteiger partial charge in [-0.3, -0.25) is 19.5 Å². The first-order chi connectivity index (χ1) is 24.7. The standard InChI is InChI=1S/C38H39F2N7O4/c1-50-36-30(18-47-19-38(20-47)14-13-32(49)46-38)42-17-29(45-36)26-8-4-6-24(35(26)40)23-5-3-7-25(34(23)39)28-15-21-9-11-27(33(21)37(44-28)51-2)41-16-22-10-12-31(48)43-22/h3-8,15,17,22,27,41H,9-14,16,18-20H2,1-2H3,(H,43,48)(H,46,49)/t22-,27-/m0/s1. The van der Waals surface area contributed by atoms with E-state index < -0.39 is 11.6 Å². The Morgan fingerprint density at radius 2 is 1.57 bits per heavy atom. The highest BCUT2D eigenvalue weighted by Crippen LogP contribution is 2.41. The number of nitrogens with one attached hydrogen (secondary N) is 3. The van der Waals surface area contributed by atoms with Crippen LogP contribution in [-0.4, -0.2) is 77.1 Å². The van der Waals surface area contributed by atoms with E-state index in [0.717, 1.165) is 49.9 Å². The number of nitrogens with zero attached hydrogens (tertiary/aromatic N) is 4. The second-order valence-corrected chi connectivity index (χ2v) is 13.9. The van der Waals surface area contributed by atoms with Crippen molar-refractivity contribution in [1.82, 2.24) is 35.8 Å². The van der Waals surface area contributed by atoms with Gasteiger partial charge in [-0.1, -0.05) is 24.3 Å². The lowest BCUT2D eigenvalue weighted by molar-refractivity contribution is -0.121. The molecule has 1 spiro atoms. The van der Waals surface area contributed by atoms with Crippen molar-refractivity contribution in [2.45, 2.75) is 62.7 Å². The molecule has 0 radical (unpaired) electrons. The molecule has 3 N–H and O–H groups in total. The van der Waals surface area contributed by atoms with Crippen molar-refractivity contribution < 1.29 is 27.8 Å². The highest BCUT2D eigenvalue weighted by atomic mass is 19.1. The van der Waals surface area contributed by atoms with Gasteiger partial charge >= 0.3 is 0 Å². The van der Waals surface area contributed by atoms with Crippen molar-refractivity contribution in [3.63, 3.8) is 0 Å². The van der Waals surface area contributed by atoms with Crippen LogP contribution in [0.3, 0.4) is 0 Å². The molecule has 3 aliphatic heterocycles. The van der Waals surface area contributed by atoms with Gasteiger partial charge in [-0.25, -0.2) is 18.7 Å². The van der Waals surface area contributed by atoms with Crippen LogP contribution in [-0.2, 0) is 22.6 Å². The van der Waals surface area contributed by atoms with Gasteiger partial charge in [-0.2, -0.15) is 0 Å². The van der Waals surface area contributed by atoms with Gasteiger partial charge in [-0.05, 0) is 49.4 Å². The lowest BCUT2D eigenvalue weighted by Crippen LogP contribution is -2.66. The molecule has 5 heterocycles. The lowest BCUT2D eigenvalue weighted by Gasteiger charge is -2.47. The van der Waals surface area contributed by atoms with Gasteiger partial charge in [0.2, 0.25) is 23.6 Å². The second-order valence-electron chi connectivity index (χ2n) is 13.9. The van der Waals surface area contributed by atoms with E-state index in [1.165, 1.54) is 13.3 Å². The number of benzene rings is 2. The molecule has 1 aliphatic carbocycles. The lowest BCUT2D eigenvalue weighted by atomic mass is 9.88. The zero-order valence-corrected chi connectivity index (χ0v) is 28.5. The third-order valence-electron chi connectivity index (χ3n) is 10.6. The number of hydrogen-bond acceptors (Lipinski definition) is 9. The summed E-state index contributed by atoms with van der Waals surface area (Å²) in [5, 5.41) is 9.62. The quantitative estimate of drug-likeness (QED) is 0.220. The summed E-state index contributed by atoms with van der Waals surface area (Å²) >= 11 is 0. The predicted octanol–water partition coefficient (Wildman–Crippen LogP) is 4.49. The van der Waals surface area contributed by atoms with E-state index in [4.69, 9.17) is 14.5 Å². The fraction of sp³-hybridized carbons (Fsp3) is 0.395. The fourth-order valence-electron chi connectivity index (χ4n) is 8.04. The zero-order valence-electron chi connectivity index (χ0n) is 28.5. The summed E-state index contributed by atoms with van der Waals surface area (Å²) in [5.74, 6) is -0.376. The topological polar surface area (TPSA) is 131 Å². The number of aryl methyl sites for hydroxylation is 1. The van der Waals surface area contributed by atoms with Crippen LogP contribution in [0.5, 0.6) is 11.8 Å². The maximum atomic E-state index is 16.4. The molecule has 0 unspecified atom stereocenters. The highest BCUT2D eigenvalue weighted by molar-refractivity contribution is 5.80. The number of aromatic nitrogens is 3. The molecule has 4 aromatic rings. The van der Waals surface area contributed by atoms with Crippen LogP contribution < -0.4 is 25.4 Å². The molecule has 8 rings (SSSR count). The number of likely N-dealkylation sites (tertiary alicyclic amines) is 1. The summed E-state index contributed by atoms with van der Waals surface area (Å²) in [5.41, 5.74) is 3.64. The summed E-state index contributed by atoms with van der Waals surface area (Å²) in [6.45, 7) is 2.57. The van der Waals surface area contributed by atoms with Crippen molar-refractivity contribution in [2.24, 2.45) is 0 Å². The summed E-state index contributed by atoms with van der Waals surface area (Å²) in [4.78, 5) is 39.4. The van der Waals surface area contributed by atoms with Gasteiger partial charge in [0, 0.05) is 78.9 Å². The van der Waals surface area contributed by atoms with E-state index in [1.807, 2.05) is 6.07 Å². The van der Waals surface area contributed by atoms with Crippen LogP contribution in [0.15, 0.2) is 48.7 Å². The molecular weight excluding hydrogens is 656 g/mol. The van der Waals surface area contributed by atoms with Crippen molar-refractivity contribution >= 4 is 11.8 Å². The first-order valence-corrected chi connectivity index (χ1v) is 17.4. The molecule has 4 aliphatic rings. The van der Waals surface area contributed by atoms with Crippen LogP contribution in [0.1, 0.15) is 55.0 Å². The minimum Gasteiger partial charge on any atom is -0.481 e. The Hall–Kier alpha value is -5.01. The average molecular weight is 696 g/mol. The average Bonchev–Trinajstić information content (AvgIpc) is 3.85. The number of methoxy groups -OCH3 is 2.